The van der Waals surface area contributed by atoms with Crippen molar-refractivity contribution in [3.63, 3.8) is 0 Å². The Bertz CT molecular complexity index is 761. The Balaban J connectivity index is 0.00000300. The maximum atomic E-state index is 5.62. The van der Waals surface area contributed by atoms with E-state index in [1.807, 2.05) is 12.1 Å². The number of halogens is 1. The van der Waals surface area contributed by atoms with Crippen LogP contribution >= 0.6 is 24.0 Å². The van der Waals surface area contributed by atoms with E-state index < -0.39 is 0 Å². The fraction of sp³-hybridized carbons (Fsp3) is 0.524. The molecule has 1 saturated heterocycles. The highest BCUT2D eigenvalue weighted by Gasteiger charge is 2.12. The number of guanidine groups is 1. The molecular formula is C21H33IN6O. The van der Waals surface area contributed by atoms with Gasteiger partial charge in [-0.2, -0.15) is 0 Å². The summed E-state index contributed by atoms with van der Waals surface area (Å²) >= 11 is 0. The number of aliphatic imine (C=N–C) groups is 1. The van der Waals surface area contributed by atoms with E-state index >= 15 is 0 Å². The molecule has 0 bridgehead atoms. The van der Waals surface area contributed by atoms with Crippen LogP contribution in [-0.2, 0) is 6.54 Å². The number of benzene rings is 1. The second-order valence-corrected chi connectivity index (χ2v) is 7.36. The third kappa shape index (κ3) is 7.60. The summed E-state index contributed by atoms with van der Waals surface area (Å²) in [6, 6.07) is 8.18. The van der Waals surface area contributed by atoms with Gasteiger partial charge >= 0.3 is 0 Å². The van der Waals surface area contributed by atoms with E-state index in [0.29, 0.717) is 12.4 Å². The van der Waals surface area contributed by atoms with Crippen LogP contribution in [0.1, 0.15) is 17.7 Å². The number of aromatic nitrogens is 1. The van der Waals surface area contributed by atoms with Gasteiger partial charge in [0.1, 0.15) is 6.26 Å². The summed E-state index contributed by atoms with van der Waals surface area (Å²) in [7, 11) is 3.98. The summed E-state index contributed by atoms with van der Waals surface area (Å²) in [5.74, 6) is 1.43. The monoisotopic (exact) mass is 512 g/mol. The van der Waals surface area contributed by atoms with E-state index in [1.165, 1.54) is 25.1 Å². The first-order chi connectivity index (χ1) is 13.6. The summed E-state index contributed by atoms with van der Waals surface area (Å²) < 4.78 is 5.62. The molecule has 0 saturated carbocycles. The Morgan fingerprint density at radius 2 is 1.93 bits per heavy atom. The third-order valence-electron chi connectivity index (χ3n) is 5.04. The number of nitrogens with zero attached hydrogens (tertiary/aromatic N) is 4. The highest BCUT2D eigenvalue weighted by Crippen LogP contribution is 2.18. The Kier molecular flexibility index (Phi) is 9.89. The SMILES string of the molecule is CN=C(NCCN1CCCN(C)CC1)NCc1coc(-c2ccc(C)cc2)n1.I. The minimum Gasteiger partial charge on any atom is -0.444 e. The van der Waals surface area contributed by atoms with Crippen molar-refractivity contribution in [2.24, 2.45) is 4.99 Å². The van der Waals surface area contributed by atoms with Gasteiger partial charge in [-0.3, -0.25) is 4.99 Å². The van der Waals surface area contributed by atoms with Gasteiger partial charge in [-0.15, -0.1) is 24.0 Å². The van der Waals surface area contributed by atoms with Crippen molar-refractivity contribution in [3.05, 3.63) is 41.8 Å². The molecule has 7 nitrogen and oxygen atoms in total. The molecule has 8 heteroatoms. The standard InChI is InChI=1S/C21H32N6O.HI/c1-17-5-7-18(8-6-17)20-25-19(16-28-20)15-24-21(22-2)23-9-12-27-11-4-10-26(3)13-14-27;/h5-8,16H,4,9-15H2,1-3H3,(H2,22,23,24);1H. The second-order valence-electron chi connectivity index (χ2n) is 7.36. The van der Waals surface area contributed by atoms with Gasteiger partial charge in [-0.25, -0.2) is 4.98 Å². The van der Waals surface area contributed by atoms with E-state index in [1.54, 1.807) is 13.3 Å². The molecule has 0 radical (unpaired) electrons. The molecular weight excluding hydrogens is 479 g/mol. The van der Waals surface area contributed by atoms with Gasteiger partial charge in [0.15, 0.2) is 5.96 Å². The van der Waals surface area contributed by atoms with Crippen LogP contribution in [0, 0.1) is 6.92 Å². The smallest absolute Gasteiger partial charge is 0.226 e. The molecule has 1 aliphatic rings. The van der Waals surface area contributed by atoms with Gasteiger partial charge in [0.05, 0.1) is 12.2 Å². The molecule has 3 rings (SSSR count). The van der Waals surface area contributed by atoms with Crippen LogP contribution in [0.15, 0.2) is 39.9 Å². The van der Waals surface area contributed by atoms with E-state index in [4.69, 9.17) is 4.42 Å². The number of nitrogens with one attached hydrogen (secondary N) is 2. The van der Waals surface area contributed by atoms with Crippen LogP contribution in [0.5, 0.6) is 0 Å². The number of likely N-dealkylation sites (N-methyl/N-ethyl adjacent to an activating group) is 1. The van der Waals surface area contributed by atoms with Gasteiger partial charge < -0.3 is 24.9 Å². The average molecular weight is 512 g/mol. The van der Waals surface area contributed by atoms with Crippen molar-refractivity contribution in [1.82, 2.24) is 25.4 Å². The van der Waals surface area contributed by atoms with Crippen molar-refractivity contribution in [2.45, 2.75) is 19.9 Å². The number of aryl methyl sites for hydroxylation is 1. The van der Waals surface area contributed by atoms with Crippen molar-refractivity contribution in [1.29, 1.82) is 0 Å². The van der Waals surface area contributed by atoms with E-state index in [0.717, 1.165) is 43.4 Å². The molecule has 1 fully saturated rings. The van der Waals surface area contributed by atoms with Crippen molar-refractivity contribution >= 4 is 29.9 Å². The molecule has 0 spiro atoms. The largest absolute Gasteiger partial charge is 0.444 e. The van der Waals surface area contributed by atoms with Gasteiger partial charge in [0, 0.05) is 38.8 Å². The van der Waals surface area contributed by atoms with Crippen molar-refractivity contribution < 1.29 is 4.42 Å². The molecule has 0 amide bonds. The Morgan fingerprint density at radius 1 is 1.14 bits per heavy atom. The second kappa shape index (κ2) is 12.1. The van der Waals surface area contributed by atoms with Gasteiger partial charge in [-0.05, 0) is 45.6 Å². The number of oxazole rings is 1. The Labute approximate surface area is 191 Å². The lowest BCUT2D eigenvalue weighted by atomic mass is 10.1. The van der Waals surface area contributed by atoms with E-state index in [-0.39, 0.29) is 24.0 Å². The molecule has 0 unspecified atom stereocenters. The summed E-state index contributed by atoms with van der Waals surface area (Å²) in [5.41, 5.74) is 3.07. The summed E-state index contributed by atoms with van der Waals surface area (Å²) in [6.45, 7) is 9.16. The summed E-state index contributed by atoms with van der Waals surface area (Å²) in [6.07, 6.45) is 2.93. The highest BCUT2D eigenvalue weighted by molar-refractivity contribution is 14.0. The molecule has 0 aliphatic carbocycles. The van der Waals surface area contributed by atoms with Crippen LogP contribution in [0.2, 0.25) is 0 Å². The highest BCUT2D eigenvalue weighted by atomic mass is 127. The maximum absolute atomic E-state index is 5.62. The fourth-order valence-corrected chi connectivity index (χ4v) is 3.27. The molecule has 2 N–H and O–H groups in total. The molecule has 160 valence electrons. The normalized spacial score (nSPS) is 16.2. The molecule has 2 heterocycles. The zero-order valence-electron chi connectivity index (χ0n) is 17.6. The van der Waals surface area contributed by atoms with Crippen LogP contribution in [0.3, 0.4) is 0 Å². The molecule has 29 heavy (non-hydrogen) atoms. The maximum Gasteiger partial charge on any atom is 0.226 e. The molecule has 1 aromatic heterocycles. The van der Waals surface area contributed by atoms with Gasteiger partial charge in [0.2, 0.25) is 5.89 Å². The van der Waals surface area contributed by atoms with Gasteiger partial charge in [0.25, 0.3) is 0 Å². The van der Waals surface area contributed by atoms with Gasteiger partial charge in [-0.1, -0.05) is 17.7 Å². The summed E-state index contributed by atoms with van der Waals surface area (Å²) in [4.78, 5) is 13.8. The predicted octanol–water partition coefficient (Wildman–Crippen LogP) is 2.57. The van der Waals surface area contributed by atoms with Crippen LogP contribution in [0.4, 0.5) is 0 Å². The van der Waals surface area contributed by atoms with Crippen molar-refractivity contribution in [3.8, 4) is 11.5 Å². The minimum absolute atomic E-state index is 0. The van der Waals surface area contributed by atoms with E-state index in [9.17, 15) is 0 Å². The van der Waals surface area contributed by atoms with Crippen LogP contribution in [-0.4, -0.2) is 74.1 Å². The predicted molar refractivity (Wildman–Crippen MR) is 129 cm³/mol. The minimum atomic E-state index is 0. The van der Waals surface area contributed by atoms with Crippen LogP contribution < -0.4 is 10.6 Å². The Hall–Kier alpha value is -1.65. The topological polar surface area (TPSA) is 68.9 Å². The number of hydrogen-bond acceptors (Lipinski definition) is 5. The zero-order valence-corrected chi connectivity index (χ0v) is 20.0. The zero-order chi connectivity index (χ0) is 19.8. The van der Waals surface area contributed by atoms with E-state index in [2.05, 4.69) is 56.5 Å². The first-order valence-electron chi connectivity index (χ1n) is 10.0. The lowest BCUT2D eigenvalue weighted by Crippen LogP contribution is -2.42. The Morgan fingerprint density at radius 3 is 2.69 bits per heavy atom. The quantitative estimate of drug-likeness (QED) is 0.353. The number of rotatable bonds is 6. The summed E-state index contributed by atoms with van der Waals surface area (Å²) in [5, 5.41) is 6.69. The molecule has 2 aromatic rings. The van der Waals surface area contributed by atoms with Crippen LogP contribution in [0.25, 0.3) is 11.5 Å². The molecule has 1 aliphatic heterocycles. The third-order valence-corrected chi connectivity index (χ3v) is 5.04. The van der Waals surface area contributed by atoms with Crippen molar-refractivity contribution in [2.75, 3.05) is 53.4 Å². The first kappa shape index (κ1) is 23.6. The average Bonchev–Trinajstić information content (AvgIpc) is 3.08. The fourth-order valence-electron chi connectivity index (χ4n) is 3.27. The molecule has 0 atom stereocenters. The molecule has 1 aromatic carbocycles. The number of hydrogen-bond donors (Lipinski definition) is 2. The lowest BCUT2D eigenvalue weighted by molar-refractivity contribution is 0.280. The first-order valence-corrected chi connectivity index (χ1v) is 10.0. The lowest BCUT2D eigenvalue weighted by Gasteiger charge is -2.20.